The number of nitrogens with one attached hydrogen (secondary N) is 1. The van der Waals surface area contributed by atoms with E-state index >= 15 is 0 Å². The summed E-state index contributed by atoms with van der Waals surface area (Å²) >= 11 is 1.73. The van der Waals surface area contributed by atoms with E-state index in [9.17, 15) is 0 Å². The van der Waals surface area contributed by atoms with Crippen molar-refractivity contribution in [3.63, 3.8) is 0 Å². The Morgan fingerprint density at radius 3 is 2.88 bits per heavy atom. The molecule has 3 aromatic rings. The highest BCUT2D eigenvalue weighted by Crippen LogP contribution is 2.36. The summed E-state index contributed by atoms with van der Waals surface area (Å²) in [6.45, 7) is 8.94. The maximum atomic E-state index is 5.86. The molecular weight excluding hydrogens is 334 g/mol. The van der Waals surface area contributed by atoms with Crippen LogP contribution in [0.15, 0.2) is 22.7 Å². The molecule has 1 aromatic carbocycles. The number of rotatable bonds is 3. The number of benzene rings is 1. The molecule has 1 atom stereocenters. The van der Waals surface area contributed by atoms with Crippen molar-refractivity contribution in [2.24, 2.45) is 0 Å². The van der Waals surface area contributed by atoms with Gasteiger partial charge in [-0.25, -0.2) is 4.98 Å². The lowest BCUT2D eigenvalue weighted by atomic mass is 10.1. The second-order valence-electron chi connectivity index (χ2n) is 6.51. The molecule has 2 aromatic heterocycles. The number of anilines is 1. The molecule has 1 unspecified atom stereocenters. The third-order valence-corrected chi connectivity index (χ3v) is 5.48. The summed E-state index contributed by atoms with van der Waals surface area (Å²) in [5.74, 6) is 1.78. The molecule has 6 heteroatoms. The van der Waals surface area contributed by atoms with Gasteiger partial charge in [0.15, 0.2) is 0 Å². The molecule has 1 N–H and O–H groups in total. The zero-order valence-corrected chi connectivity index (χ0v) is 15.7. The van der Waals surface area contributed by atoms with Crippen molar-refractivity contribution in [2.75, 3.05) is 11.9 Å². The monoisotopic (exact) mass is 355 g/mol. The zero-order chi connectivity index (χ0) is 17.6. The van der Waals surface area contributed by atoms with E-state index in [2.05, 4.69) is 36.5 Å². The van der Waals surface area contributed by atoms with Crippen LogP contribution in [0.4, 0.5) is 5.69 Å². The van der Waals surface area contributed by atoms with E-state index in [-0.39, 0.29) is 6.10 Å². The first-order chi connectivity index (χ1) is 12.0. The molecule has 4 rings (SSSR count). The molecule has 0 amide bonds. The number of nitrogens with zero attached hydrogens (tertiary/aromatic N) is 2. The average molecular weight is 355 g/mol. The summed E-state index contributed by atoms with van der Waals surface area (Å²) in [5, 5.41) is 8.54. The SMILES string of the molecule is Cc1noc(C)c1Cc1nc(-c2ccc3c(c2)NCC(C)O3)c(C)s1. The van der Waals surface area contributed by atoms with E-state index in [1.54, 1.807) is 11.3 Å². The van der Waals surface area contributed by atoms with Crippen molar-refractivity contribution in [3.8, 4) is 17.0 Å². The minimum absolute atomic E-state index is 0.195. The number of hydrogen-bond acceptors (Lipinski definition) is 6. The van der Waals surface area contributed by atoms with E-state index in [1.165, 1.54) is 4.88 Å². The van der Waals surface area contributed by atoms with Gasteiger partial charge >= 0.3 is 0 Å². The molecule has 0 saturated heterocycles. The fourth-order valence-electron chi connectivity index (χ4n) is 3.13. The standard InChI is InChI=1S/C19H21N3O2S/c1-10-9-20-16-7-14(5-6-17(16)23-10)19-13(4)25-18(21-19)8-15-11(2)22-24-12(15)3/h5-7,10,20H,8-9H2,1-4H3. The normalized spacial score (nSPS) is 16.2. The van der Waals surface area contributed by atoms with E-state index < -0.39 is 0 Å². The highest BCUT2D eigenvalue weighted by molar-refractivity contribution is 7.12. The Labute approximate surface area is 151 Å². The van der Waals surface area contributed by atoms with Gasteiger partial charge < -0.3 is 14.6 Å². The van der Waals surface area contributed by atoms with Crippen LogP contribution in [-0.2, 0) is 6.42 Å². The quantitative estimate of drug-likeness (QED) is 0.749. The van der Waals surface area contributed by atoms with Crippen molar-refractivity contribution in [1.29, 1.82) is 0 Å². The second-order valence-corrected chi connectivity index (χ2v) is 7.80. The minimum atomic E-state index is 0.195. The molecule has 0 bridgehead atoms. The molecule has 25 heavy (non-hydrogen) atoms. The summed E-state index contributed by atoms with van der Waals surface area (Å²) < 4.78 is 11.1. The van der Waals surface area contributed by atoms with Gasteiger partial charge in [-0.15, -0.1) is 11.3 Å². The Hall–Kier alpha value is -2.34. The van der Waals surface area contributed by atoms with Gasteiger partial charge in [0.2, 0.25) is 0 Å². The van der Waals surface area contributed by atoms with E-state index in [4.69, 9.17) is 14.2 Å². The van der Waals surface area contributed by atoms with Gasteiger partial charge in [0.05, 0.1) is 28.6 Å². The molecule has 0 spiro atoms. The molecular formula is C19H21N3O2S. The lowest BCUT2D eigenvalue weighted by Crippen LogP contribution is -2.27. The Morgan fingerprint density at radius 1 is 1.28 bits per heavy atom. The summed E-state index contributed by atoms with van der Waals surface area (Å²) in [5.41, 5.74) is 5.26. The first-order valence-corrected chi connectivity index (χ1v) is 9.26. The minimum Gasteiger partial charge on any atom is -0.487 e. The van der Waals surface area contributed by atoms with Crippen LogP contribution >= 0.6 is 11.3 Å². The summed E-state index contributed by atoms with van der Waals surface area (Å²) in [6.07, 6.45) is 0.956. The van der Waals surface area contributed by atoms with Gasteiger partial charge in [-0.05, 0) is 45.9 Å². The van der Waals surface area contributed by atoms with Crippen LogP contribution in [0.1, 0.15) is 33.8 Å². The average Bonchev–Trinajstić information content (AvgIpc) is 3.11. The summed E-state index contributed by atoms with van der Waals surface area (Å²) in [4.78, 5) is 6.10. The molecule has 0 radical (unpaired) electrons. The first-order valence-electron chi connectivity index (χ1n) is 8.44. The van der Waals surface area contributed by atoms with Crippen LogP contribution in [-0.4, -0.2) is 22.8 Å². The number of ether oxygens (including phenoxy) is 1. The van der Waals surface area contributed by atoms with Crippen LogP contribution in [0.25, 0.3) is 11.3 Å². The van der Waals surface area contributed by atoms with Gasteiger partial charge in [0, 0.05) is 22.4 Å². The zero-order valence-electron chi connectivity index (χ0n) is 14.8. The predicted molar refractivity (Wildman–Crippen MR) is 99.6 cm³/mol. The van der Waals surface area contributed by atoms with E-state index in [1.807, 2.05) is 19.9 Å². The molecule has 0 saturated carbocycles. The van der Waals surface area contributed by atoms with Crippen LogP contribution in [0, 0.1) is 20.8 Å². The number of hydrogen-bond donors (Lipinski definition) is 1. The van der Waals surface area contributed by atoms with Gasteiger partial charge in [0.1, 0.15) is 17.6 Å². The smallest absolute Gasteiger partial charge is 0.142 e. The van der Waals surface area contributed by atoms with Gasteiger partial charge in [-0.3, -0.25) is 0 Å². The number of aryl methyl sites for hydroxylation is 3. The molecule has 0 fully saturated rings. The Balaban J connectivity index is 1.65. The second kappa shape index (κ2) is 6.19. The molecule has 5 nitrogen and oxygen atoms in total. The van der Waals surface area contributed by atoms with Crippen molar-refractivity contribution < 1.29 is 9.26 Å². The number of aromatic nitrogens is 2. The van der Waals surface area contributed by atoms with E-state index in [0.717, 1.165) is 57.7 Å². The van der Waals surface area contributed by atoms with Crippen molar-refractivity contribution in [3.05, 3.63) is 45.1 Å². The maximum Gasteiger partial charge on any atom is 0.142 e. The molecule has 0 aliphatic carbocycles. The third-order valence-electron chi connectivity index (χ3n) is 4.51. The van der Waals surface area contributed by atoms with Gasteiger partial charge in [0.25, 0.3) is 0 Å². The molecule has 130 valence electrons. The molecule has 3 heterocycles. The summed E-state index contributed by atoms with van der Waals surface area (Å²) in [7, 11) is 0. The van der Waals surface area contributed by atoms with Crippen molar-refractivity contribution in [2.45, 2.75) is 40.2 Å². The van der Waals surface area contributed by atoms with Crippen LogP contribution in [0.3, 0.4) is 0 Å². The highest BCUT2D eigenvalue weighted by Gasteiger charge is 2.19. The Morgan fingerprint density at radius 2 is 2.12 bits per heavy atom. The Kier molecular flexibility index (Phi) is 4.00. The van der Waals surface area contributed by atoms with Gasteiger partial charge in [-0.1, -0.05) is 5.16 Å². The fourth-order valence-corrected chi connectivity index (χ4v) is 4.10. The topological polar surface area (TPSA) is 60.2 Å². The third kappa shape index (κ3) is 3.02. The maximum absolute atomic E-state index is 5.86. The fraction of sp³-hybridized carbons (Fsp3) is 0.368. The van der Waals surface area contributed by atoms with Gasteiger partial charge in [-0.2, -0.15) is 0 Å². The highest BCUT2D eigenvalue weighted by atomic mass is 32.1. The van der Waals surface area contributed by atoms with Crippen LogP contribution < -0.4 is 10.1 Å². The lowest BCUT2D eigenvalue weighted by Gasteiger charge is -2.25. The molecule has 1 aliphatic heterocycles. The van der Waals surface area contributed by atoms with Crippen LogP contribution in [0.5, 0.6) is 5.75 Å². The first kappa shape index (κ1) is 16.1. The van der Waals surface area contributed by atoms with E-state index in [0.29, 0.717) is 0 Å². The Bertz CT molecular complexity index is 909. The molecule has 1 aliphatic rings. The van der Waals surface area contributed by atoms with Crippen LogP contribution in [0.2, 0.25) is 0 Å². The summed E-state index contributed by atoms with van der Waals surface area (Å²) in [6, 6.07) is 6.24. The van der Waals surface area contributed by atoms with Crippen molar-refractivity contribution >= 4 is 17.0 Å². The lowest BCUT2D eigenvalue weighted by molar-refractivity contribution is 0.226. The largest absolute Gasteiger partial charge is 0.487 e. The predicted octanol–water partition coefficient (Wildman–Crippen LogP) is 4.51. The number of fused-ring (bicyclic) bond motifs is 1. The number of thiazole rings is 1. The van der Waals surface area contributed by atoms with Crippen molar-refractivity contribution in [1.82, 2.24) is 10.1 Å².